The molecule has 0 spiro atoms. The van der Waals surface area contributed by atoms with Gasteiger partial charge in [-0.15, -0.1) is 0 Å². The molecule has 2 N–H and O–H groups in total. The zero-order valence-corrected chi connectivity index (χ0v) is 12.1. The smallest absolute Gasteiger partial charge is 0.229 e. The molecule has 1 aromatic heterocycles. The number of nitrogens with zero attached hydrogens (tertiary/aromatic N) is 3. The predicted octanol–water partition coefficient (Wildman–Crippen LogP) is 1.45. The van der Waals surface area contributed by atoms with Crippen molar-refractivity contribution in [2.75, 3.05) is 26.2 Å². The molecule has 0 radical (unpaired) electrons. The van der Waals surface area contributed by atoms with Gasteiger partial charge in [0.05, 0.1) is 6.61 Å². The van der Waals surface area contributed by atoms with Crippen LogP contribution in [0.2, 0.25) is 0 Å². The van der Waals surface area contributed by atoms with Gasteiger partial charge in [-0.3, -0.25) is 4.90 Å². The molecule has 3 unspecified atom stereocenters. The summed E-state index contributed by atoms with van der Waals surface area (Å²) in [7, 11) is 0. The standard InChI is InChI=1S/C14H24N4O2/c1-2-5-18-6-7-19-12(9-18)13-16-14(20-17-13)10-3-4-11(15)8-10/h10-12H,2-9,15H2,1H3. The minimum absolute atomic E-state index is 0.0529. The zero-order chi connectivity index (χ0) is 13.9. The normalized spacial score (nSPS) is 31.8. The number of hydrogen-bond acceptors (Lipinski definition) is 6. The van der Waals surface area contributed by atoms with Gasteiger partial charge in [0.1, 0.15) is 6.10 Å². The maximum atomic E-state index is 5.94. The zero-order valence-electron chi connectivity index (χ0n) is 12.1. The lowest BCUT2D eigenvalue weighted by Gasteiger charge is -2.30. The molecule has 1 saturated carbocycles. The first kappa shape index (κ1) is 14.0. The lowest BCUT2D eigenvalue weighted by molar-refractivity contribution is -0.0350. The van der Waals surface area contributed by atoms with Crippen molar-refractivity contribution in [2.45, 2.75) is 50.7 Å². The molecule has 0 amide bonds. The Kier molecular flexibility index (Phi) is 4.33. The molecule has 2 fully saturated rings. The van der Waals surface area contributed by atoms with E-state index in [1.807, 2.05) is 0 Å². The number of nitrogens with two attached hydrogens (primary N) is 1. The number of aromatic nitrogens is 2. The van der Waals surface area contributed by atoms with Crippen LogP contribution in [0.3, 0.4) is 0 Å². The Morgan fingerprint density at radius 2 is 2.30 bits per heavy atom. The minimum atomic E-state index is -0.0529. The lowest BCUT2D eigenvalue weighted by Crippen LogP contribution is -2.39. The van der Waals surface area contributed by atoms with Gasteiger partial charge in [-0.2, -0.15) is 4.98 Å². The third kappa shape index (κ3) is 3.02. The van der Waals surface area contributed by atoms with Crippen molar-refractivity contribution in [3.05, 3.63) is 11.7 Å². The molecule has 20 heavy (non-hydrogen) atoms. The van der Waals surface area contributed by atoms with Gasteiger partial charge in [-0.25, -0.2) is 0 Å². The largest absolute Gasteiger partial charge is 0.367 e. The van der Waals surface area contributed by atoms with Gasteiger partial charge < -0.3 is 15.0 Å². The van der Waals surface area contributed by atoms with Crippen LogP contribution in [0.15, 0.2) is 4.52 Å². The molecule has 3 rings (SSSR count). The first-order valence-corrected chi connectivity index (χ1v) is 7.69. The minimum Gasteiger partial charge on any atom is -0.367 e. The van der Waals surface area contributed by atoms with Crippen LogP contribution in [0.5, 0.6) is 0 Å². The Morgan fingerprint density at radius 3 is 3.05 bits per heavy atom. The van der Waals surface area contributed by atoms with Crippen LogP contribution in [-0.2, 0) is 4.74 Å². The lowest BCUT2D eigenvalue weighted by atomic mass is 10.1. The number of rotatable bonds is 4. The van der Waals surface area contributed by atoms with E-state index in [1.54, 1.807) is 0 Å². The van der Waals surface area contributed by atoms with Crippen molar-refractivity contribution in [1.82, 2.24) is 15.0 Å². The predicted molar refractivity (Wildman–Crippen MR) is 74.3 cm³/mol. The van der Waals surface area contributed by atoms with Crippen molar-refractivity contribution in [3.8, 4) is 0 Å². The molecule has 6 nitrogen and oxygen atoms in total. The van der Waals surface area contributed by atoms with Gasteiger partial charge >= 0.3 is 0 Å². The van der Waals surface area contributed by atoms with E-state index in [9.17, 15) is 0 Å². The van der Waals surface area contributed by atoms with Crippen LogP contribution in [-0.4, -0.2) is 47.3 Å². The quantitative estimate of drug-likeness (QED) is 0.899. The highest BCUT2D eigenvalue weighted by Gasteiger charge is 2.30. The second kappa shape index (κ2) is 6.20. The Bertz CT molecular complexity index is 435. The Labute approximate surface area is 119 Å². The van der Waals surface area contributed by atoms with Crippen LogP contribution in [0, 0.1) is 0 Å². The average Bonchev–Trinajstić information content (AvgIpc) is 3.08. The van der Waals surface area contributed by atoms with E-state index in [0.717, 1.165) is 57.8 Å². The van der Waals surface area contributed by atoms with Crippen molar-refractivity contribution < 1.29 is 9.26 Å². The molecular weight excluding hydrogens is 256 g/mol. The van der Waals surface area contributed by atoms with E-state index in [4.69, 9.17) is 15.0 Å². The van der Waals surface area contributed by atoms with E-state index in [-0.39, 0.29) is 12.1 Å². The summed E-state index contributed by atoms with van der Waals surface area (Å²) in [5, 5.41) is 4.13. The van der Waals surface area contributed by atoms with Gasteiger partial charge in [0.2, 0.25) is 11.7 Å². The molecule has 3 atom stereocenters. The van der Waals surface area contributed by atoms with Crippen molar-refractivity contribution in [3.63, 3.8) is 0 Å². The molecule has 112 valence electrons. The maximum absolute atomic E-state index is 5.94. The highest BCUT2D eigenvalue weighted by Crippen LogP contribution is 2.33. The van der Waals surface area contributed by atoms with Crippen LogP contribution in [0.25, 0.3) is 0 Å². The highest BCUT2D eigenvalue weighted by molar-refractivity contribution is 5.01. The van der Waals surface area contributed by atoms with Gasteiger partial charge in [0.15, 0.2) is 0 Å². The summed E-state index contributed by atoms with van der Waals surface area (Å²) >= 11 is 0. The van der Waals surface area contributed by atoms with E-state index in [2.05, 4.69) is 22.0 Å². The van der Waals surface area contributed by atoms with Crippen molar-refractivity contribution >= 4 is 0 Å². The SMILES string of the molecule is CCCN1CCOC(c2noc(C3CCC(N)C3)n2)C1. The van der Waals surface area contributed by atoms with Crippen LogP contribution in [0.1, 0.15) is 56.3 Å². The molecule has 2 heterocycles. The van der Waals surface area contributed by atoms with Crippen molar-refractivity contribution in [2.24, 2.45) is 5.73 Å². The van der Waals surface area contributed by atoms with E-state index >= 15 is 0 Å². The van der Waals surface area contributed by atoms with Gasteiger partial charge in [0.25, 0.3) is 0 Å². The molecule has 6 heteroatoms. The maximum Gasteiger partial charge on any atom is 0.229 e. The third-order valence-corrected chi connectivity index (χ3v) is 4.26. The Balaban J connectivity index is 1.64. The van der Waals surface area contributed by atoms with E-state index in [0.29, 0.717) is 11.7 Å². The van der Waals surface area contributed by atoms with Crippen LogP contribution < -0.4 is 5.73 Å². The summed E-state index contributed by atoms with van der Waals surface area (Å²) < 4.78 is 11.2. The monoisotopic (exact) mass is 280 g/mol. The molecule has 1 aliphatic carbocycles. The first-order chi connectivity index (χ1) is 9.76. The van der Waals surface area contributed by atoms with E-state index in [1.165, 1.54) is 0 Å². The van der Waals surface area contributed by atoms with E-state index < -0.39 is 0 Å². The van der Waals surface area contributed by atoms with Crippen LogP contribution >= 0.6 is 0 Å². The molecule has 2 aliphatic rings. The summed E-state index contributed by atoms with van der Waals surface area (Å²) in [6.07, 6.45) is 4.16. The second-order valence-corrected chi connectivity index (χ2v) is 5.92. The fraction of sp³-hybridized carbons (Fsp3) is 0.857. The highest BCUT2D eigenvalue weighted by atomic mass is 16.5. The summed E-state index contributed by atoms with van der Waals surface area (Å²) in [6.45, 7) is 5.88. The summed E-state index contributed by atoms with van der Waals surface area (Å²) in [6, 6.07) is 0.279. The summed E-state index contributed by atoms with van der Waals surface area (Å²) in [4.78, 5) is 6.96. The third-order valence-electron chi connectivity index (χ3n) is 4.26. The summed E-state index contributed by atoms with van der Waals surface area (Å²) in [5.74, 6) is 1.77. The molecular formula is C14H24N4O2. The Morgan fingerprint density at radius 1 is 1.40 bits per heavy atom. The first-order valence-electron chi connectivity index (χ1n) is 7.69. The number of morpholine rings is 1. The number of hydrogen-bond donors (Lipinski definition) is 1. The average molecular weight is 280 g/mol. The fourth-order valence-electron chi connectivity index (χ4n) is 3.16. The van der Waals surface area contributed by atoms with Crippen LogP contribution in [0.4, 0.5) is 0 Å². The molecule has 1 aromatic rings. The molecule has 1 aliphatic heterocycles. The topological polar surface area (TPSA) is 77.4 Å². The van der Waals surface area contributed by atoms with Gasteiger partial charge in [-0.1, -0.05) is 12.1 Å². The van der Waals surface area contributed by atoms with Gasteiger partial charge in [-0.05, 0) is 32.2 Å². The van der Waals surface area contributed by atoms with Gasteiger partial charge in [0, 0.05) is 25.0 Å². The summed E-state index contributed by atoms with van der Waals surface area (Å²) in [5.41, 5.74) is 5.94. The molecule has 1 saturated heterocycles. The second-order valence-electron chi connectivity index (χ2n) is 5.92. The molecule has 0 aromatic carbocycles. The fourth-order valence-corrected chi connectivity index (χ4v) is 3.16. The Hall–Kier alpha value is -0.980. The molecule has 0 bridgehead atoms. The number of ether oxygens (including phenoxy) is 1. The van der Waals surface area contributed by atoms with Crippen molar-refractivity contribution in [1.29, 1.82) is 0 Å².